The third-order valence-electron chi connectivity index (χ3n) is 3.37. The fourth-order valence-corrected chi connectivity index (χ4v) is 4.19. The van der Waals surface area contributed by atoms with E-state index in [1.165, 1.54) is 13.8 Å². The molecule has 1 rings (SSSR count). The van der Waals surface area contributed by atoms with Crippen molar-refractivity contribution >= 4 is 14.1 Å². The second-order valence-electron chi connectivity index (χ2n) is 6.62. The maximum atomic E-state index is 11.9. The van der Waals surface area contributed by atoms with Crippen molar-refractivity contribution in [2.75, 3.05) is 13.2 Å². The van der Waals surface area contributed by atoms with Crippen LogP contribution in [0.3, 0.4) is 0 Å². The molecule has 0 saturated carbocycles. The molecule has 0 bridgehead atoms. The maximum absolute atomic E-state index is 11.9. The zero-order chi connectivity index (χ0) is 16.8. The third kappa shape index (κ3) is 6.30. The molecule has 1 aromatic rings. The van der Waals surface area contributed by atoms with Crippen LogP contribution >= 0.6 is 0 Å². The van der Waals surface area contributed by atoms with Gasteiger partial charge in [-0.2, -0.15) is 0 Å². The largest absolute Gasteiger partial charge is 0.491 e. The van der Waals surface area contributed by atoms with Gasteiger partial charge in [-0.25, -0.2) is 0 Å². The first-order chi connectivity index (χ1) is 10.2. The summed E-state index contributed by atoms with van der Waals surface area (Å²) >= 11 is 0. The summed E-state index contributed by atoms with van der Waals surface area (Å²) in [5, 5.41) is 9.71. The van der Waals surface area contributed by atoms with Gasteiger partial charge >= 0.3 is 0 Å². The Labute approximate surface area is 134 Å². The second-order valence-corrected chi connectivity index (χ2v) is 10.9. The Hall–Kier alpha value is -1.17. The molecule has 0 saturated heterocycles. The van der Waals surface area contributed by atoms with E-state index >= 15 is 0 Å². The van der Waals surface area contributed by atoms with Crippen LogP contribution in [0.1, 0.15) is 37.6 Å². The van der Waals surface area contributed by atoms with Crippen LogP contribution in [0, 0.1) is 0 Å². The van der Waals surface area contributed by atoms with Gasteiger partial charge in [0.15, 0.2) is 14.1 Å². The van der Waals surface area contributed by atoms with Gasteiger partial charge < -0.3 is 14.3 Å². The SMILES string of the molecule is CCC[Si](C)(C)OCCOc1ccc(C(=O)C(C)(C)O)cc1. The Balaban J connectivity index is 2.44. The minimum absolute atomic E-state index is 0.297. The van der Waals surface area contributed by atoms with Crippen molar-refractivity contribution in [1.29, 1.82) is 0 Å². The average Bonchev–Trinajstić information content (AvgIpc) is 2.42. The topological polar surface area (TPSA) is 55.8 Å². The monoisotopic (exact) mass is 324 g/mol. The molecule has 5 heteroatoms. The highest BCUT2D eigenvalue weighted by atomic mass is 28.4. The van der Waals surface area contributed by atoms with E-state index in [-0.39, 0.29) is 5.78 Å². The number of rotatable bonds is 9. The molecule has 22 heavy (non-hydrogen) atoms. The molecule has 0 fully saturated rings. The van der Waals surface area contributed by atoms with Crippen LogP contribution in [-0.4, -0.2) is 38.0 Å². The summed E-state index contributed by atoms with van der Waals surface area (Å²) in [6.45, 7) is 10.7. The van der Waals surface area contributed by atoms with Crippen molar-refractivity contribution in [3.05, 3.63) is 29.8 Å². The number of ketones is 1. The molecule has 124 valence electrons. The lowest BCUT2D eigenvalue weighted by Gasteiger charge is -2.22. The number of carbonyl (C=O) groups excluding carboxylic acids is 1. The van der Waals surface area contributed by atoms with Crippen molar-refractivity contribution in [2.45, 2.75) is 51.9 Å². The number of ether oxygens (including phenoxy) is 1. The molecule has 1 N–H and O–H groups in total. The Morgan fingerprint density at radius 1 is 1.18 bits per heavy atom. The molecule has 4 nitrogen and oxygen atoms in total. The highest BCUT2D eigenvalue weighted by molar-refractivity contribution is 6.71. The number of aliphatic hydroxyl groups is 1. The normalized spacial score (nSPS) is 12.3. The van der Waals surface area contributed by atoms with Gasteiger partial charge in [-0.05, 0) is 57.3 Å². The van der Waals surface area contributed by atoms with Crippen molar-refractivity contribution in [1.82, 2.24) is 0 Å². The quantitative estimate of drug-likeness (QED) is 0.428. The minimum atomic E-state index is -1.54. The lowest BCUT2D eigenvalue weighted by Crippen LogP contribution is -2.31. The molecular weight excluding hydrogens is 296 g/mol. The lowest BCUT2D eigenvalue weighted by atomic mass is 9.97. The van der Waals surface area contributed by atoms with Crippen molar-refractivity contribution in [3.63, 3.8) is 0 Å². The van der Waals surface area contributed by atoms with E-state index in [2.05, 4.69) is 20.0 Å². The molecule has 0 atom stereocenters. The number of benzene rings is 1. The van der Waals surface area contributed by atoms with Crippen LogP contribution in [-0.2, 0) is 4.43 Å². The molecule has 0 aromatic heterocycles. The van der Waals surface area contributed by atoms with Gasteiger partial charge in [-0.15, -0.1) is 0 Å². The highest BCUT2D eigenvalue weighted by Gasteiger charge is 2.25. The van der Waals surface area contributed by atoms with Gasteiger partial charge in [0.2, 0.25) is 0 Å². The smallest absolute Gasteiger partial charge is 0.193 e. The van der Waals surface area contributed by atoms with Crippen LogP contribution in [0.25, 0.3) is 0 Å². The Morgan fingerprint density at radius 2 is 1.77 bits per heavy atom. The number of hydrogen-bond acceptors (Lipinski definition) is 4. The Kier molecular flexibility index (Phi) is 6.78. The van der Waals surface area contributed by atoms with Crippen LogP contribution in [0.5, 0.6) is 5.75 Å². The predicted molar refractivity (Wildman–Crippen MR) is 91.1 cm³/mol. The zero-order valence-electron chi connectivity index (χ0n) is 14.3. The first-order valence-electron chi connectivity index (χ1n) is 7.80. The van der Waals surface area contributed by atoms with E-state index in [1.54, 1.807) is 24.3 Å². The molecule has 0 unspecified atom stereocenters. The number of hydrogen-bond donors (Lipinski definition) is 1. The van der Waals surface area contributed by atoms with E-state index in [1.807, 2.05) is 0 Å². The summed E-state index contributed by atoms with van der Waals surface area (Å²) in [6.07, 6.45) is 1.15. The molecular formula is C17H28O4Si. The van der Waals surface area contributed by atoms with Gasteiger partial charge in [-0.1, -0.05) is 13.3 Å². The summed E-state index contributed by atoms with van der Waals surface area (Å²) < 4.78 is 11.5. The Morgan fingerprint density at radius 3 is 2.27 bits per heavy atom. The number of Topliss-reactive ketones (excluding diaryl/α,β-unsaturated/α-hetero) is 1. The summed E-state index contributed by atoms with van der Waals surface area (Å²) in [5.41, 5.74) is -0.876. The standard InChI is InChI=1S/C17H28O4Si/c1-6-13-22(4,5)21-12-11-20-15-9-7-14(8-10-15)16(18)17(2,3)19/h7-10,19H,6,11-13H2,1-5H3. The first-order valence-corrected chi connectivity index (χ1v) is 10.9. The molecule has 0 amide bonds. The fourth-order valence-electron chi connectivity index (χ4n) is 2.21. The summed E-state index contributed by atoms with van der Waals surface area (Å²) in [4.78, 5) is 11.9. The van der Waals surface area contributed by atoms with E-state index in [4.69, 9.17) is 9.16 Å². The van der Waals surface area contributed by atoms with Gasteiger partial charge in [0.25, 0.3) is 0 Å². The zero-order valence-corrected chi connectivity index (χ0v) is 15.3. The van der Waals surface area contributed by atoms with Crippen LogP contribution in [0.2, 0.25) is 19.1 Å². The molecule has 0 aliphatic carbocycles. The van der Waals surface area contributed by atoms with Gasteiger partial charge in [0.05, 0.1) is 6.61 Å². The maximum Gasteiger partial charge on any atom is 0.193 e. The fraction of sp³-hybridized carbons (Fsp3) is 0.588. The Bertz CT molecular complexity index is 474. The summed E-state index contributed by atoms with van der Waals surface area (Å²) in [6, 6.07) is 7.99. The molecule has 0 spiro atoms. The molecule has 0 aliphatic rings. The molecule has 0 radical (unpaired) electrons. The van der Waals surface area contributed by atoms with Crippen molar-refractivity contribution < 1.29 is 19.1 Å². The van der Waals surface area contributed by atoms with E-state index in [9.17, 15) is 9.90 Å². The molecule has 1 aromatic carbocycles. The second kappa shape index (κ2) is 7.90. The molecule has 0 heterocycles. The lowest BCUT2D eigenvalue weighted by molar-refractivity contribution is 0.0488. The summed E-state index contributed by atoms with van der Waals surface area (Å²) in [5.74, 6) is 0.403. The average molecular weight is 324 g/mol. The van der Waals surface area contributed by atoms with Crippen LogP contribution in [0.15, 0.2) is 24.3 Å². The predicted octanol–water partition coefficient (Wildman–Crippen LogP) is 3.65. The van der Waals surface area contributed by atoms with Gasteiger partial charge in [0, 0.05) is 5.56 Å². The van der Waals surface area contributed by atoms with Crippen molar-refractivity contribution in [3.8, 4) is 5.75 Å². The van der Waals surface area contributed by atoms with E-state index in [0.29, 0.717) is 24.5 Å². The van der Waals surface area contributed by atoms with Gasteiger partial charge in [0.1, 0.15) is 18.0 Å². The molecule has 0 aliphatic heterocycles. The first kappa shape index (κ1) is 18.9. The van der Waals surface area contributed by atoms with Crippen molar-refractivity contribution in [2.24, 2.45) is 0 Å². The number of carbonyl (C=O) groups is 1. The van der Waals surface area contributed by atoms with Crippen LogP contribution in [0.4, 0.5) is 0 Å². The van der Waals surface area contributed by atoms with E-state index in [0.717, 1.165) is 12.5 Å². The third-order valence-corrected chi connectivity index (χ3v) is 6.06. The van der Waals surface area contributed by atoms with Gasteiger partial charge in [-0.3, -0.25) is 4.79 Å². The highest BCUT2D eigenvalue weighted by Crippen LogP contribution is 2.17. The minimum Gasteiger partial charge on any atom is -0.491 e. The van der Waals surface area contributed by atoms with E-state index < -0.39 is 13.9 Å². The van der Waals surface area contributed by atoms with Crippen LogP contribution < -0.4 is 4.74 Å². The summed E-state index contributed by atoms with van der Waals surface area (Å²) in [7, 11) is -1.54.